The van der Waals surface area contributed by atoms with Gasteiger partial charge in [0.05, 0.1) is 35.9 Å². The van der Waals surface area contributed by atoms with Crippen molar-refractivity contribution in [1.82, 2.24) is 4.98 Å². The van der Waals surface area contributed by atoms with Gasteiger partial charge in [-0.05, 0) is 37.1 Å². The van der Waals surface area contributed by atoms with E-state index >= 15 is 0 Å². The van der Waals surface area contributed by atoms with E-state index in [1.807, 2.05) is 50.2 Å². The Labute approximate surface area is 181 Å². The zero-order valence-electron chi connectivity index (χ0n) is 15.8. The third-order valence-corrected chi connectivity index (χ3v) is 4.15. The van der Waals surface area contributed by atoms with Crippen LogP contribution in [0.5, 0.6) is 0 Å². The van der Waals surface area contributed by atoms with Crippen LogP contribution in [-0.2, 0) is 26.2 Å². The summed E-state index contributed by atoms with van der Waals surface area (Å²) in [6.45, 7) is 5.47. The number of nitrogens with zero attached hydrogens (tertiary/aromatic N) is 2. The zero-order valence-corrected chi connectivity index (χ0v) is 18.5. The molecule has 6 heteroatoms. The van der Waals surface area contributed by atoms with Crippen molar-refractivity contribution in [3.63, 3.8) is 0 Å². The Morgan fingerprint density at radius 2 is 1.07 bits per heavy atom. The summed E-state index contributed by atoms with van der Waals surface area (Å²) in [7, 11) is 9.53. The Morgan fingerprint density at radius 3 is 1.43 bits per heavy atom. The number of aliphatic imine (C=N–C) groups is 2. The fraction of sp³-hybridized carbons (Fsp3) is 0.182. The number of aromatic amines is 1. The Morgan fingerprint density at radius 1 is 0.714 bits per heavy atom. The first kappa shape index (κ1) is 22.4. The third kappa shape index (κ3) is 7.65. The molecule has 0 aliphatic heterocycles. The molecule has 0 atom stereocenters. The third-order valence-electron chi connectivity index (χ3n) is 4.15. The van der Waals surface area contributed by atoms with Crippen molar-refractivity contribution in [2.75, 3.05) is 0 Å². The van der Waals surface area contributed by atoms with Crippen molar-refractivity contribution in [3.8, 4) is 0 Å². The van der Waals surface area contributed by atoms with Gasteiger partial charge in [-0.25, -0.2) is 0 Å². The molecule has 0 spiro atoms. The van der Waals surface area contributed by atoms with Crippen LogP contribution in [0.4, 0.5) is 0 Å². The van der Waals surface area contributed by atoms with E-state index in [-0.39, 0.29) is 13.1 Å². The molecule has 3 aromatic rings. The molecule has 0 aliphatic carbocycles. The number of aromatic nitrogens is 1. The molecule has 0 bridgehead atoms. The number of hydrogen-bond donors (Lipinski definition) is 1. The van der Waals surface area contributed by atoms with E-state index in [0.29, 0.717) is 13.1 Å². The van der Waals surface area contributed by atoms with Gasteiger partial charge in [0, 0.05) is 0 Å². The molecule has 28 heavy (non-hydrogen) atoms. The summed E-state index contributed by atoms with van der Waals surface area (Å²) in [5.74, 6) is 0. The summed E-state index contributed by atoms with van der Waals surface area (Å²) in [5.41, 5.74) is 6.53. The summed E-state index contributed by atoms with van der Waals surface area (Å²) in [5, 5.41) is 0. The van der Waals surface area contributed by atoms with Crippen LogP contribution in [0.25, 0.3) is 0 Å². The van der Waals surface area contributed by atoms with Crippen LogP contribution in [0.3, 0.4) is 0 Å². The molecule has 0 unspecified atom stereocenters. The fourth-order valence-electron chi connectivity index (χ4n) is 2.57. The van der Waals surface area contributed by atoms with E-state index < -0.39 is 0 Å². The molecule has 3 nitrogen and oxygen atoms in total. The standard InChI is InChI=1S/C22H23N3.2ClH.Fe/c1-17(23-15-19-9-5-3-6-10-19)21-13-14-22(25-21)18(2)24-16-20-11-7-4-8-12-20;;;/h3-14,25H,15-16H2,1-2H3;2*1H;/q;;;+2/p-2. The average Bonchev–Trinajstić information content (AvgIpc) is 3.23. The molecular weight excluding hydrogens is 433 g/mol. The van der Waals surface area contributed by atoms with E-state index in [2.05, 4.69) is 51.4 Å². The van der Waals surface area contributed by atoms with Crippen molar-refractivity contribution >= 4 is 31.6 Å². The first-order valence-electron chi connectivity index (χ1n) is 8.79. The van der Waals surface area contributed by atoms with Crippen LogP contribution in [0.2, 0.25) is 0 Å². The predicted octanol–water partition coefficient (Wildman–Crippen LogP) is 6.41. The van der Waals surface area contributed by atoms with Crippen LogP contribution in [0.15, 0.2) is 82.8 Å². The second-order valence-corrected chi connectivity index (χ2v) is 7.93. The normalized spacial score (nSPS) is 11.9. The number of H-pyrrole nitrogens is 1. The Bertz CT molecular complexity index is 818. The number of nitrogens with one attached hydrogen (secondary N) is 1. The summed E-state index contributed by atoms with van der Waals surface area (Å²) >= 11 is 0.194. The van der Waals surface area contributed by atoms with Crippen LogP contribution < -0.4 is 0 Å². The van der Waals surface area contributed by atoms with E-state index in [1.165, 1.54) is 11.1 Å². The summed E-state index contributed by atoms with van der Waals surface area (Å²) in [4.78, 5) is 12.8. The van der Waals surface area contributed by atoms with Crippen LogP contribution in [0, 0.1) is 0 Å². The van der Waals surface area contributed by atoms with E-state index in [0.717, 1.165) is 22.8 Å². The van der Waals surface area contributed by atoms with Crippen LogP contribution >= 0.6 is 20.2 Å². The molecule has 148 valence electrons. The van der Waals surface area contributed by atoms with E-state index in [1.54, 1.807) is 0 Å². The van der Waals surface area contributed by atoms with Crippen LogP contribution in [-0.4, -0.2) is 16.4 Å². The van der Waals surface area contributed by atoms with Gasteiger partial charge in [-0.15, -0.1) is 0 Å². The topological polar surface area (TPSA) is 40.5 Å². The first-order valence-corrected chi connectivity index (χ1v) is 11.8. The van der Waals surface area contributed by atoms with Crippen molar-refractivity contribution in [1.29, 1.82) is 0 Å². The molecule has 0 saturated carbocycles. The Balaban J connectivity index is 0.000000878. The zero-order chi connectivity index (χ0) is 20.2. The SMILES string of the molecule is CC(=NCc1ccccc1)c1ccc(C(C)=NCc2ccccc2)[nH]1.[Cl][Fe][Cl]. The molecule has 0 amide bonds. The molecule has 2 aromatic carbocycles. The van der Waals surface area contributed by atoms with E-state index in [4.69, 9.17) is 20.2 Å². The molecule has 0 radical (unpaired) electrons. The monoisotopic (exact) mass is 455 g/mol. The van der Waals surface area contributed by atoms with Gasteiger partial charge in [0.25, 0.3) is 0 Å². The second-order valence-electron chi connectivity index (χ2n) is 6.11. The second kappa shape index (κ2) is 12.6. The number of rotatable bonds is 6. The van der Waals surface area contributed by atoms with Gasteiger partial charge in [-0.2, -0.15) is 0 Å². The Kier molecular flexibility index (Phi) is 10.1. The molecule has 3 rings (SSSR count). The van der Waals surface area contributed by atoms with Gasteiger partial charge >= 0.3 is 33.3 Å². The first-order chi connectivity index (χ1) is 13.6. The summed E-state index contributed by atoms with van der Waals surface area (Å²) in [6.07, 6.45) is 0. The number of benzene rings is 2. The van der Waals surface area contributed by atoms with Crippen molar-refractivity contribution in [3.05, 3.63) is 95.3 Å². The van der Waals surface area contributed by atoms with Gasteiger partial charge in [0.15, 0.2) is 0 Å². The molecule has 0 saturated heterocycles. The molecular formula is C22H23Cl2FeN3. The Hall–Kier alpha value is -1.84. The number of hydrogen-bond acceptors (Lipinski definition) is 2. The fourth-order valence-corrected chi connectivity index (χ4v) is 2.57. The van der Waals surface area contributed by atoms with Crippen molar-refractivity contribution < 1.29 is 13.1 Å². The number of halogens is 2. The van der Waals surface area contributed by atoms with E-state index in [9.17, 15) is 0 Å². The average molecular weight is 456 g/mol. The minimum absolute atomic E-state index is 0.194. The summed E-state index contributed by atoms with van der Waals surface area (Å²) < 4.78 is 0. The maximum absolute atomic E-state index is 4.76. The van der Waals surface area contributed by atoms with Gasteiger partial charge in [0.1, 0.15) is 0 Å². The van der Waals surface area contributed by atoms with Crippen molar-refractivity contribution in [2.24, 2.45) is 9.98 Å². The molecule has 0 aliphatic rings. The summed E-state index contributed by atoms with van der Waals surface area (Å²) in [6, 6.07) is 24.7. The van der Waals surface area contributed by atoms with Gasteiger partial charge in [0.2, 0.25) is 0 Å². The molecule has 1 aromatic heterocycles. The predicted molar refractivity (Wildman–Crippen MR) is 117 cm³/mol. The van der Waals surface area contributed by atoms with Crippen molar-refractivity contribution in [2.45, 2.75) is 26.9 Å². The maximum atomic E-state index is 4.76. The van der Waals surface area contributed by atoms with Gasteiger partial charge in [-0.1, -0.05) is 60.7 Å². The van der Waals surface area contributed by atoms with Gasteiger partial charge < -0.3 is 4.98 Å². The van der Waals surface area contributed by atoms with Crippen LogP contribution in [0.1, 0.15) is 36.4 Å². The molecule has 0 fully saturated rings. The quantitative estimate of drug-likeness (QED) is 0.329. The molecule has 1 heterocycles. The molecule has 1 N–H and O–H groups in total. The minimum atomic E-state index is 0.194. The van der Waals surface area contributed by atoms with Gasteiger partial charge in [-0.3, -0.25) is 9.98 Å².